The largest absolute Gasteiger partial charge is 0.475 e. The van der Waals surface area contributed by atoms with Gasteiger partial charge in [-0.2, -0.15) is 0 Å². The van der Waals surface area contributed by atoms with Crippen molar-refractivity contribution in [3.8, 4) is 11.1 Å². The summed E-state index contributed by atoms with van der Waals surface area (Å²) in [6.45, 7) is 4.42. The molecule has 0 spiro atoms. The fourth-order valence-electron chi connectivity index (χ4n) is 2.63. The van der Waals surface area contributed by atoms with Gasteiger partial charge in [-0.15, -0.1) is 0 Å². The van der Waals surface area contributed by atoms with Gasteiger partial charge in [-0.05, 0) is 47.2 Å². The van der Waals surface area contributed by atoms with Crippen LogP contribution in [0.15, 0.2) is 52.9 Å². The minimum atomic E-state index is -1.05. The van der Waals surface area contributed by atoms with Crippen molar-refractivity contribution in [2.45, 2.75) is 20.3 Å². The molecule has 0 unspecified atom stereocenters. The predicted octanol–water partition coefficient (Wildman–Crippen LogP) is 5.00. The number of rotatable bonds is 4. The Hall–Kier alpha value is -2.55. The van der Waals surface area contributed by atoms with Gasteiger partial charge < -0.3 is 9.52 Å². The first-order valence-electron chi connectivity index (χ1n) is 7.39. The summed E-state index contributed by atoms with van der Waals surface area (Å²) in [4.78, 5) is 11.0. The van der Waals surface area contributed by atoms with E-state index in [9.17, 15) is 4.79 Å². The van der Waals surface area contributed by atoms with Crippen LogP contribution in [0.3, 0.4) is 0 Å². The number of carbonyl (C=O) groups is 1. The van der Waals surface area contributed by atoms with E-state index in [4.69, 9.17) is 9.52 Å². The first-order chi connectivity index (χ1) is 10.5. The second kappa shape index (κ2) is 5.68. The van der Waals surface area contributed by atoms with Crippen LogP contribution in [-0.4, -0.2) is 11.1 Å². The van der Waals surface area contributed by atoms with E-state index < -0.39 is 5.97 Å². The SMILES string of the molecule is CC(C)Cc1ccc(-c2ccc3oc(C(=O)O)cc3c2)cc1. The van der Waals surface area contributed by atoms with Gasteiger partial charge in [0, 0.05) is 5.39 Å². The van der Waals surface area contributed by atoms with Gasteiger partial charge in [0.15, 0.2) is 0 Å². The molecule has 0 radical (unpaired) electrons. The molecule has 3 heteroatoms. The highest BCUT2D eigenvalue weighted by Gasteiger charge is 2.11. The van der Waals surface area contributed by atoms with Gasteiger partial charge in [0.25, 0.3) is 0 Å². The third kappa shape index (κ3) is 2.89. The third-order valence-electron chi connectivity index (χ3n) is 3.66. The normalized spacial score (nSPS) is 11.2. The molecule has 22 heavy (non-hydrogen) atoms. The van der Waals surface area contributed by atoms with E-state index in [0.717, 1.165) is 22.9 Å². The maximum Gasteiger partial charge on any atom is 0.371 e. The lowest BCUT2D eigenvalue weighted by molar-refractivity contribution is 0.0665. The monoisotopic (exact) mass is 294 g/mol. The molecule has 3 rings (SSSR count). The molecule has 2 aromatic carbocycles. The van der Waals surface area contributed by atoms with Crippen LogP contribution >= 0.6 is 0 Å². The average Bonchev–Trinajstić information content (AvgIpc) is 2.90. The Labute approximate surface area is 129 Å². The van der Waals surface area contributed by atoms with E-state index in [1.54, 1.807) is 6.07 Å². The summed E-state index contributed by atoms with van der Waals surface area (Å²) >= 11 is 0. The van der Waals surface area contributed by atoms with E-state index in [2.05, 4.69) is 38.1 Å². The van der Waals surface area contributed by atoms with Crippen molar-refractivity contribution >= 4 is 16.9 Å². The maximum absolute atomic E-state index is 11.0. The lowest BCUT2D eigenvalue weighted by Crippen LogP contribution is -1.93. The lowest BCUT2D eigenvalue weighted by Gasteiger charge is -2.07. The second-order valence-corrected chi connectivity index (χ2v) is 5.96. The van der Waals surface area contributed by atoms with Gasteiger partial charge in [-0.1, -0.05) is 44.2 Å². The van der Waals surface area contributed by atoms with Crippen LogP contribution < -0.4 is 0 Å². The minimum Gasteiger partial charge on any atom is -0.475 e. The highest BCUT2D eigenvalue weighted by atomic mass is 16.4. The number of hydrogen-bond acceptors (Lipinski definition) is 2. The smallest absolute Gasteiger partial charge is 0.371 e. The number of aromatic carboxylic acids is 1. The van der Waals surface area contributed by atoms with E-state index >= 15 is 0 Å². The standard InChI is InChI=1S/C19H18O3/c1-12(2)9-13-3-5-14(6-4-13)15-7-8-17-16(10-15)11-18(22-17)19(20)21/h3-8,10-12H,9H2,1-2H3,(H,20,21). The Balaban J connectivity index is 1.94. The van der Waals surface area contributed by atoms with Gasteiger partial charge in [-0.25, -0.2) is 4.79 Å². The molecule has 112 valence electrons. The molecule has 3 nitrogen and oxygen atoms in total. The van der Waals surface area contributed by atoms with Gasteiger partial charge >= 0.3 is 5.97 Å². The molecule has 1 aromatic heterocycles. The van der Waals surface area contributed by atoms with Crippen LogP contribution in [0, 0.1) is 5.92 Å². The molecule has 0 atom stereocenters. The van der Waals surface area contributed by atoms with Gasteiger partial charge in [0.05, 0.1) is 0 Å². The Morgan fingerprint density at radius 3 is 2.36 bits per heavy atom. The highest BCUT2D eigenvalue weighted by Crippen LogP contribution is 2.27. The summed E-state index contributed by atoms with van der Waals surface area (Å²) < 4.78 is 5.28. The quantitative estimate of drug-likeness (QED) is 0.737. The average molecular weight is 294 g/mol. The Kier molecular flexibility index (Phi) is 3.72. The molecule has 0 saturated heterocycles. The van der Waals surface area contributed by atoms with Crippen molar-refractivity contribution in [3.63, 3.8) is 0 Å². The molecule has 3 aromatic rings. The maximum atomic E-state index is 11.0. The number of hydrogen-bond donors (Lipinski definition) is 1. The van der Waals surface area contributed by atoms with Crippen molar-refractivity contribution in [1.82, 2.24) is 0 Å². The van der Waals surface area contributed by atoms with Crippen LogP contribution in [0.25, 0.3) is 22.1 Å². The number of carboxylic acids is 1. The van der Waals surface area contributed by atoms with Crippen molar-refractivity contribution in [3.05, 3.63) is 59.9 Å². The summed E-state index contributed by atoms with van der Waals surface area (Å²) in [6, 6.07) is 15.8. The zero-order chi connectivity index (χ0) is 15.7. The van der Waals surface area contributed by atoms with Crippen molar-refractivity contribution < 1.29 is 14.3 Å². The molecule has 0 aliphatic heterocycles. The van der Waals surface area contributed by atoms with E-state index in [-0.39, 0.29) is 5.76 Å². The number of benzene rings is 2. The fourth-order valence-corrected chi connectivity index (χ4v) is 2.63. The summed E-state index contributed by atoms with van der Waals surface area (Å²) in [5.74, 6) is -0.433. The Morgan fingerprint density at radius 1 is 1.05 bits per heavy atom. The predicted molar refractivity (Wildman–Crippen MR) is 87.2 cm³/mol. The first-order valence-corrected chi connectivity index (χ1v) is 7.39. The lowest BCUT2D eigenvalue weighted by atomic mass is 9.99. The zero-order valence-electron chi connectivity index (χ0n) is 12.7. The number of furan rings is 1. The van der Waals surface area contributed by atoms with E-state index in [1.165, 1.54) is 5.56 Å². The minimum absolute atomic E-state index is 0.0283. The van der Waals surface area contributed by atoms with E-state index in [0.29, 0.717) is 11.5 Å². The molecular weight excluding hydrogens is 276 g/mol. The van der Waals surface area contributed by atoms with Crippen LogP contribution in [0.5, 0.6) is 0 Å². The zero-order valence-corrected chi connectivity index (χ0v) is 12.7. The van der Waals surface area contributed by atoms with Gasteiger partial charge in [-0.3, -0.25) is 0 Å². The summed E-state index contributed by atoms with van der Waals surface area (Å²) in [5, 5.41) is 9.79. The molecule has 0 aliphatic rings. The van der Waals surface area contributed by atoms with Crippen molar-refractivity contribution in [1.29, 1.82) is 0 Å². The van der Waals surface area contributed by atoms with Crippen molar-refractivity contribution in [2.24, 2.45) is 5.92 Å². The summed E-state index contributed by atoms with van der Waals surface area (Å²) in [6.07, 6.45) is 1.07. The molecule has 0 aliphatic carbocycles. The summed E-state index contributed by atoms with van der Waals surface area (Å²) in [7, 11) is 0. The van der Waals surface area contributed by atoms with Crippen LogP contribution in [0.2, 0.25) is 0 Å². The molecule has 0 amide bonds. The van der Waals surface area contributed by atoms with Gasteiger partial charge in [0.1, 0.15) is 5.58 Å². The molecule has 1 heterocycles. The third-order valence-corrected chi connectivity index (χ3v) is 3.66. The molecule has 0 bridgehead atoms. The molecular formula is C19H18O3. The molecule has 0 saturated carbocycles. The van der Waals surface area contributed by atoms with Crippen LogP contribution in [0.1, 0.15) is 30.0 Å². The Bertz CT molecular complexity index is 810. The Morgan fingerprint density at radius 2 is 1.73 bits per heavy atom. The van der Waals surface area contributed by atoms with Gasteiger partial charge in [0.2, 0.25) is 5.76 Å². The van der Waals surface area contributed by atoms with Crippen LogP contribution in [-0.2, 0) is 6.42 Å². The van der Waals surface area contributed by atoms with E-state index in [1.807, 2.05) is 18.2 Å². The summed E-state index contributed by atoms with van der Waals surface area (Å²) in [5.41, 5.74) is 4.10. The topological polar surface area (TPSA) is 50.4 Å². The molecule has 1 N–H and O–H groups in total. The second-order valence-electron chi connectivity index (χ2n) is 5.96. The van der Waals surface area contributed by atoms with Crippen LogP contribution in [0.4, 0.5) is 0 Å². The fraction of sp³-hybridized carbons (Fsp3) is 0.211. The van der Waals surface area contributed by atoms with Crippen molar-refractivity contribution in [2.75, 3.05) is 0 Å². The number of fused-ring (bicyclic) bond motifs is 1. The number of carboxylic acid groups (broad SMARTS) is 1. The first kappa shape index (κ1) is 14.4. The molecule has 0 fully saturated rings. The highest BCUT2D eigenvalue weighted by molar-refractivity contribution is 5.93.